The lowest BCUT2D eigenvalue weighted by molar-refractivity contribution is -0.862. The number of quaternary nitrogens is 1. The second-order valence-electron chi connectivity index (χ2n) is 3.54. The number of nitrogens with one attached hydrogen (secondary N) is 1. The Morgan fingerprint density at radius 1 is 1.40 bits per heavy atom. The van der Waals surface area contributed by atoms with E-state index in [1.807, 2.05) is 0 Å². The molecule has 1 N–H and O–H groups in total. The number of hydrogen-bond acceptors (Lipinski definition) is 1. The topological polar surface area (TPSA) is 7.68 Å². The highest BCUT2D eigenvalue weighted by molar-refractivity contribution is 4.80. The molecule has 0 aromatic heterocycles. The van der Waals surface area contributed by atoms with Gasteiger partial charge in [-0.2, -0.15) is 7.05 Å². The molecule has 0 amide bonds. The van der Waals surface area contributed by atoms with Crippen molar-refractivity contribution in [2.24, 2.45) is 0 Å². The molecule has 0 aliphatic carbocycles. The second-order valence-corrected chi connectivity index (χ2v) is 3.54. The molecule has 2 unspecified atom stereocenters. The minimum atomic E-state index is 0.876. The van der Waals surface area contributed by atoms with Crippen LogP contribution in [0.2, 0.25) is 0 Å². The third kappa shape index (κ3) is 1.06. The van der Waals surface area contributed by atoms with Crippen LogP contribution in [0.15, 0.2) is 0 Å². The maximum absolute atomic E-state index is 4.05. The van der Waals surface area contributed by atoms with Gasteiger partial charge >= 0.3 is 0 Å². The van der Waals surface area contributed by atoms with E-state index in [1.54, 1.807) is 0 Å². The van der Waals surface area contributed by atoms with Crippen LogP contribution in [0.25, 0.3) is 0 Å². The highest BCUT2D eigenvalue weighted by Gasteiger charge is 2.29. The van der Waals surface area contributed by atoms with Crippen LogP contribution >= 0.6 is 0 Å². The first kappa shape index (κ1) is 6.62. The molecular formula is C8H16N2. The molecule has 0 saturated carbocycles. The summed E-state index contributed by atoms with van der Waals surface area (Å²) in [5.74, 6) is 0. The van der Waals surface area contributed by atoms with Crippen LogP contribution in [0.5, 0.6) is 0 Å². The van der Waals surface area contributed by atoms with Gasteiger partial charge in [-0.15, -0.1) is 0 Å². The summed E-state index contributed by atoms with van der Waals surface area (Å²) in [5.41, 5.74) is 0. The van der Waals surface area contributed by atoms with Gasteiger partial charge < -0.3 is 4.90 Å². The minimum Gasteiger partial charge on any atom is -0.465 e. The molecule has 0 radical (unpaired) electrons. The van der Waals surface area contributed by atoms with E-state index in [2.05, 4.69) is 11.9 Å². The molecule has 0 spiro atoms. The number of fused-ring (bicyclic) bond motifs is 1. The van der Waals surface area contributed by atoms with Crippen molar-refractivity contribution in [1.29, 1.82) is 0 Å². The van der Waals surface area contributed by atoms with Crippen molar-refractivity contribution >= 4 is 0 Å². The summed E-state index contributed by atoms with van der Waals surface area (Å²) in [5, 5.41) is 0. The molecule has 0 aromatic carbocycles. The van der Waals surface area contributed by atoms with E-state index in [4.69, 9.17) is 0 Å². The first-order valence-electron chi connectivity index (χ1n) is 4.27. The summed E-state index contributed by atoms with van der Waals surface area (Å²) in [6, 6.07) is 0.876. The van der Waals surface area contributed by atoms with Crippen LogP contribution in [-0.2, 0) is 0 Å². The largest absolute Gasteiger partial charge is 0.465 e. The van der Waals surface area contributed by atoms with E-state index in [1.165, 1.54) is 43.9 Å². The van der Waals surface area contributed by atoms with E-state index < -0.39 is 0 Å². The summed E-state index contributed by atoms with van der Waals surface area (Å²) in [7, 11) is 4.05. The van der Waals surface area contributed by atoms with Crippen molar-refractivity contribution in [3.8, 4) is 0 Å². The van der Waals surface area contributed by atoms with E-state index in [0.717, 1.165) is 6.04 Å². The molecule has 2 atom stereocenters. The predicted octanol–water partition coefficient (Wildman–Crippen LogP) is -0.859. The van der Waals surface area contributed by atoms with Crippen molar-refractivity contribution in [3.05, 3.63) is 7.05 Å². The predicted molar refractivity (Wildman–Crippen MR) is 40.6 cm³/mol. The molecule has 2 heterocycles. The molecular weight excluding hydrogens is 124 g/mol. The Bertz CT molecular complexity index is 124. The van der Waals surface area contributed by atoms with Crippen LogP contribution in [-0.4, -0.2) is 37.1 Å². The molecule has 58 valence electrons. The molecule has 0 bridgehead atoms. The maximum atomic E-state index is 4.05. The summed E-state index contributed by atoms with van der Waals surface area (Å²) in [6.07, 6.45) is 2.83. The van der Waals surface area contributed by atoms with Crippen LogP contribution in [0.1, 0.15) is 12.8 Å². The van der Waals surface area contributed by atoms with Gasteiger partial charge in [0.2, 0.25) is 0 Å². The van der Waals surface area contributed by atoms with Gasteiger partial charge in [-0.25, -0.2) is 0 Å². The number of piperazine rings is 1. The van der Waals surface area contributed by atoms with Gasteiger partial charge in [0.1, 0.15) is 0 Å². The van der Waals surface area contributed by atoms with Crippen LogP contribution < -0.4 is 4.90 Å². The van der Waals surface area contributed by atoms with Gasteiger partial charge in [0.25, 0.3) is 0 Å². The zero-order valence-electron chi connectivity index (χ0n) is 6.47. The standard InChI is InChI=1S/C8H16N2/c1-9-5-6-10-4-2-3-8(10)7-9/h8-9H,1-7H2. The number of rotatable bonds is 0. The Morgan fingerprint density at radius 2 is 2.30 bits per heavy atom. The normalized spacial score (nSPS) is 41.7. The average Bonchev–Trinajstić information content (AvgIpc) is 2.33. The average molecular weight is 140 g/mol. The lowest BCUT2D eigenvalue weighted by atomic mass is 10.2. The first-order chi connectivity index (χ1) is 4.86. The first-order valence-corrected chi connectivity index (χ1v) is 4.27. The maximum Gasteiger partial charge on any atom is 0.0689 e. The van der Waals surface area contributed by atoms with Gasteiger partial charge in [0.05, 0.1) is 19.1 Å². The zero-order chi connectivity index (χ0) is 6.97. The SMILES string of the molecule is [CH2-][NH+]1CCN2CCCC2C1. The van der Waals surface area contributed by atoms with Crippen molar-refractivity contribution < 1.29 is 4.90 Å². The molecule has 2 fully saturated rings. The van der Waals surface area contributed by atoms with E-state index in [0.29, 0.717) is 0 Å². The molecule has 2 aliphatic rings. The molecule has 2 heteroatoms. The fourth-order valence-electron chi connectivity index (χ4n) is 2.16. The summed E-state index contributed by atoms with van der Waals surface area (Å²) >= 11 is 0. The Morgan fingerprint density at radius 3 is 3.20 bits per heavy atom. The smallest absolute Gasteiger partial charge is 0.0689 e. The second kappa shape index (κ2) is 2.51. The molecule has 10 heavy (non-hydrogen) atoms. The summed E-state index contributed by atoms with van der Waals surface area (Å²) in [4.78, 5) is 4.09. The van der Waals surface area contributed by atoms with Crippen molar-refractivity contribution in [3.63, 3.8) is 0 Å². The van der Waals surface area contributed by atoms with Crippen LogP contribution in [0, 0.1) is 7.05 Å². The minimum absolute atomic E-state index is 0.876. The Labute approximate surface area is 62.8 Å². The van der Waals surface area contributed by atoms with Crippen molar-refractivity contribution in [2.45, 2.75) is 18.9 Å². The van der Waals surface area contributed by atoms with Gasteiger partial charge in [-0.05, 0) is 19.4 Å². The number of hydrogen-bond donors (Lipinski definition) is 1. The third-order valence-electron chi connectivity index (χ3n) is 2.78. The van der Waals surface area contributed by atoms with Crippen molar-refractivity contribution in [2.75, 3.05) is 26.2 Å². The zero-order valence-corrected chi connectivity index (χ0v) is 6.47. The third-order valence-corrected chi connectivity index (χ3v) is 2.78. The molecule has 2 saturated heterocycles. The summed E-state index contributed by atoms with van der Waals surface area (Å²) < 4.78 is 0. The highest BCUT2D eigenvalue weighted by atomic mass is 15.3. The molecule has 2 rings (SSSR count). The monoisotopic (exact) mass is 140 g/mol. The summed E-state index contributed by atoms with van der Waals surface area (Å²) in [6.45, 7) is 5.15. The van der Waals surface area contributed by atoms with E-state index >= 15 is 0 Å². The Kier molecular flexibility index (Phi) is 1.66. The Balaban J connectivity index is 1.96. The van der Waals surface area contributed by atoms with E-state index in [9.17, 15) is 0 Å². The van der Waals surface area contributed by atoms with Gasteiger partial charge in [0.15, 0.2) is 0 Å². The molecule has 2 aliphatic heterocycles. The lowest BCUT2D eigenvalue weighted by Gasteiger charge is -2.36. The lowest BCUT2D eigenvalue weighted by Crippen LogP contribution is -3.10. The number of nitrogens with zero attached hydrogens (tertiary/aromatic N) is 1. The van der Waals surface area contributed by atoms with Crippen LogP contribution in [0.3, 0.4) is 0 Å². The van der Waals surface area contributed by atoms with E-state index in [-0.39, 0.29) is 0 Å². The van der Waals surface area contributed by atoms with Crippen molar-refractivity contribution in [1.82, 2.24) is 4.90 Å². The highest BCUT2D eigenvalue weighted by Crippen LogP contribution is 2.15. The molecule has 0 aromatic rings. The van der Waals surface area contributed by atoms with Gasteiger partial charge in [0, 0.05) is 6.54 Å². The van der Waals surface area contributed by atoms with Gasteiger partial charge in [-0.3, -0.25) is 4.90 Å². The molecule has 2 nitrogen and oxygen atoms in total. The van der Waals surface area contributed by atoms with Crippen LogP contribution in [0.4, 0.5) is 0 Å². The van der Waals surface area contributed by atoms with Gasteiger partial charge in [-0.1, -0.05) is 0 Å². The fraction of sp³-hybridized carbons (Fsp3) is 0.875. The quantitative estimate of drug-likeness (QED) is 0.430. The fourth-order valence-corrected chi connectivity index (χ4v) is 2.16. The Hall–Kier alpha value is -0.0800.